The van der Waals surface area contributed by atoms with E-state index in [9.17, 15) is 34.5 Å². The number of carbonyl (C=O) groups is 4. The summed E-state index contributed by atoms with van der Waals surface area (Å²) in [5.41, 5.74) is 0.882. The molecule has 3 saturated heterocycles. The first-order valence-electron chi connectivity index (χ1n) is 19.0. The Morgan fingerprint density at radius 1 is 0.852 bits per heavy atom. The molecule has 300 valence electrons. The van der Waals surface area contributed by atoms with Crippen molar-refractivity contribution >= 4 is 29.8 Å². The van der Waals surface area contributed by atoms with E-state index < -0.39 is 85.9 Å². The first-order valence-corrected chi connectivity index (χ1v) is 19.0. The van der Waals surface area contributed by atoms with E-state index in [4.69, 9.17) is 33.2 Å². The average molecular weight is 761 g/mol. The Morgan fingerprint density at radius 3 is 2.31 bits per heavy atom. The first kappa shape index (κ1) is 43.2. The van der Waals surface area contributed by atoms with Crippen LogP contribution in [0.3, 0.4) is 0 Å². The average Bonchev–Trinajstić information content (AvgIpc) is 3.16. The summed E-state index contributed by atoms with van der Waals surface area (Å²) in [7, 11) is 0. The van der Waals surface area contributed by atoms with Crippen molar-refractivity contribution in [2.45, 2.75) is 159 Å². The van der Waals surface area contributed by atoms with Crippen LogP contribution in [0.15, 0.2) is 48.1 Å². The molecule has 0 saturated carbocycles. The van der Waals surface area contributed by atoms with Gasteiger partial charge in [-0.1, -0.05) is 69.0 Å². The summed E-state index contributed by atoms with van der Waals surface area (Å²) in [5, 5.41) is 33.9. The number of cyclic esters (lactones) is 1. The van der Waals surface area contributed by atoms with Gasteiger partial charge in [-0.25, -0.2) is 9.59 Å². The van der Waals surface area contributed by atoms with E-state index in [1.807, 2.05) is 13.0 Å². The fourth-order valence-electron chi connectivity index (χ4n) is 6.52. The number of fused-ring (bicyclic) bond motifs is 3. The molecule has 0 aromatic heterocycles. The van der Waals surface area contributed by atoms with Crippen LogP contribution in [0.2, 0.25) is 0 Å². The van der Waals surface area contributed by atoms with Crippen molar-refractivity contribution in [1.82, 2.24) is 0 Å². The Hall–Kier alpha value is -3.50. The molecular weight excluding hydrogens is 704 g/mol. The van der Waals surface area contributed by atoms with Crippen LogP contribution in [-0.2, 0) is 52.3 Å². The number of ketones is 1. The van der Waals surface area contributed by atoms with Gasteiger partial charge in [0.15, 0.2) is 24.8 Å². The quantitative estimate of drug-likeness (QED) is 0.206. The highest BCUT2D eigenvalue weighted by molar-refractivity contribution is 5.88. The van der Waals surface area contributed by atoms with Crippen molar-refractivity contribution in [3.63, 3.8) is 0 Å². The highest BCUT2D eigenvalue weighted by Gasteiger charge is 2.54. The number of aliphatic hydroxyl groups is 3. The number of hydrogen-bond acceptors (Lipinski definition) is 14. The predicted molar refractivity (Wildman–Crippen MR) is 193 cm³/mol. The number of Topliss-reactive ketones (excluding diaryl/α,β-unsaturated/α-hetero) is 1. The SMILES string of the molecule is C/C=C(\C)C(=O)OC1C(O)C2OC(COC(=O)CCC(=O)CCCCCC[C@H](CCC)OC3OC(C)C(O)C(O)C3O2)C1OC(=O)/C=C/c1ccccc1. The molecule has 4 rings (SSSR count). The van der Waals surface area contributed by atoms with Gasteiger partial charge in [-0.05, 0) is 51.7 Å². The number of esters is 3. The number of aliphatic hydroxyl groups excluding tert-OH is 3. The van der Waals surface area contributed by atoms with Gasteiger partial charge in [0.2, 0.25) is 0 Å². The molecular formula is C40H56O14. The zero-order valence-electron chi connectivity index (χ0n) is 31.6. The van der Waals surface area contributed by atoms with Gasteiger partial charge >= 0.3 is 17.9 Å². The summed E-state index contributed by atoms with van der Waals surface area (Å²) < 4.78 is 41.8. The van der Waals surface area contributed by atoms with E-state index in [2.05, 4.69) is 0 Å². The van der Waals surface area contributed by atoms with E-state index in [1.54, 1.807) is 38.1 Å². The van der Waals surface area contributed by atoms with Gasteiger partial charge in [-0.15, -0.1) is 0 Å². The third kappa shape index (κ3) is 12.5. The Morgan fingerprint density at radius 2 is 1.59 bits per heavy atom. The summed E-state index contributed by atoms with van der Waals surface area (Å²) in [6, 6.07) is 8.93. The van der Waals surface area contributed by atoms with Crippen molar-refractivity contribution in [3.8, 4) is 0 Å². The second-order valence-electron chi connectivity index (χ2n) is 14.0. The van der Waals surface area contributed by atoms with Gasteiger partial charge in [0.1, 0.15) is 42.9 Å². The second-order valence-corrected chi connectivity index (χ2v) is 14.0. The first-order chi connectivity index (χ1) is 25.9. The lowest BCUT2D eigenvalue weighted by Crippen LogP contribution is -2.65. The molecule has 1 aromatic carbocycles. The lowest BCUT2D eigenvalue weighted by molar-refractivity contribution is -0.369. The maximum absolute atomic E-state index is 13.2. The van der Waals surface area contributed by atoms with Crippen LogP contribution in [0.1, 0.15) is 97.5 Å². The van der Waals surface area contributed by atoms with Crippen LogP contribution < -0.4 is 0 Å². The van der Waals surface area contributed by atoms with E-state index >= 15 is 0 Å². The minimum absolute atomic E-state index is 0.0194. The lowest BCUT2D eigenvalue weighted by atomic mass is 9.96. The third-order valence-electron chi connectivity index (χ3n) is 9.84. The lowest BCUT2D eigenvalue weighted by Gasteiger charge is -2.47. The molecule has 0 spiro atoms. The molecule has 14 heteroatoms. The van der Waals surface area contributed by atoms with Crippen LogP contribution in [0, 0.1) is 0 Å². The Balaban J connectivity index is 1.70. The molecule has 54 heavy (non-hydrogen) atoms. The number of carbonyl (C=O) groups excluding carboxylic acids is 4. The van der Waals surface area contributed by atoms with E-state index in [-0.39, 0.29) is 30.3 Å². The molecule has 1 aromatic rings. The molecule has 14 nitrogen and oxygen atoms in total. The zero-order valence-corrected chi connectivity index (χ0v) is 31.6. The van der Waals surface area contributed by atoms with Crippen molar-refractivity contribution in [2.24, 2.45) is 0 Å². The molecule has 2 bridgehead atoms. The van der Waals surface area contributed by atoms with Crippen molar-refractivity contribution in [3.05, 3.63) is 53.6 Å². The van der Waals surface area contributed by atoms with Gasteiger partial charge in [0, 0.05) is 24.5 Å². The minimum atomic E-state index is -1.84. The van der Waals surface area contributed by atoms with Crippen LogP contribution in [0.4, 0.5) is 0 Å². The van der Waals surface area contributed by atoms with Gasteiger partial charge in [-0.3, -0.25) is 9.59 Å². The van der Waals surface area contributed by atoms with E-state index in [0.29, 0.717) is 31.2 Å². The Labute approximate surface area is 316 Å². The number of rotatable bonds is 7. The fraction of sp³-hybridized carbons (Fsp3) is 0.650. The highest BCUT2D eigenvalue weighted by Crippen LogP contribution is 2.33. The van der Waals surface area contributed by atoms with Gasteiger partial charge in [-0.2, -0.15) is 0 Å². The molecule has 3 aliphatic heterocycles. The highest BCUT2D eigenvalue weighted by atomic mass is 16.8. The normalized spacial score (nSPS) is 34.0. The molecule has 3 heterocycles. The molecule has 0 amide bonds. The number of benzene rings is 1. The minimum Gasteiger partial charge on any atom is -0.463 e. The standard InChI is InChI=1S/C40H56O14/c1-5-14-28-18-13-8-7-12-17-27(41)20-22-30(42)48-23-29-35(52-31(43)21-19-26-15-10-9-11-16-26)36(53-38(47)24(3)6-2)34(46)39(51-29)54-37-33(45)32(44)25(4)49-40(37)50-28/h6,9-11,15-16,19,21,25,28-29,32-37,39-40,44-46H,5,7-8,12-14,17-18,20,22-23H2,1-4H3/b21-19+,24-6+/t25?,28-,29?,32?,33?,34?,35?,36?,37?,39?,40?/m0/s1. The summed E-state index contributed by atoms with van der Waals surface area (Å²) >= 11 is 0. The maximum Gasteiger partial charge on any atom is 0.333 e. The fourth-order valence-corrected chi connectivity index (χ4v) is 6.52. The van der Waals surface area contributed by atoms with Crippen molar-refractivity contribution < 1.29 is 67.7 Å². The molecule has 0 radical (unpaired) electrons. The second kappa shape index (κ2) is 21.6. The monoisotopic (exact) mass is 760 g/mol. The Bertz CT molecular complexity index is 1430. The molecule has 3 fully saturated rings. The van der Waals surface area contributed by atoms with E-state index in [0.717, 1.165) is 31.8 Å². The molecule has 3 aliphatic rings. The Kier molecular flexibility index (Phi) is 17.3. The van der Waals surface area contributed by atoms with Gasteiger partial charge in [0.05, 0.1) is 18.6 Å². The topological polar surface area (TPSA) is 194 Å². The van der Waals surface area contributed by atoms with E-state index in [1.165, 1.54) is 19.1 Å². The summed E-state index contributed by atoms with van der Waals surface area (Å²) in [6.07, 6.45) is -5.30. The summed E-state index contributed by atoms with van der Waals surface area (Å²) in [6.45, 7) is 6.16. The molecule has 3 N–H and O–H groups in total. The molecule has 11 atom stereocenters. The van der Waals surface area contributed by atoms with Crippen LogP contribution in [0.5, 0.6) is 0 Å². The number of ether oxygens (including phenoxy) is 7. The van der Waals surface area contributed by atoms with Crippen LogP contribution >= 0.6 is 0 Å². The summed E-state index contributed by atoms with van der Waals surface area (Å²) in [5.74, 6) is -2.51. The molecule has 10 unspecified atom stereocenters. The van der Waals surface area contributed by atoms with Crippen LogP contribution in [0.25, 0.3) is 6.08 Å². The number of hydrogen-bond donors (Lipinski definition) is 3. The maximum atomic E-state index is 13.2. The van der Waals surface area contributed by atoms with Gasteiger partial charge in [0.25, 0.3) is 0 Å². The molecule has 0 aliphatic carbocycles. The van der Waals surface area contributed by atoms with Crippen molar-refractivity contribution in [2.75, 3.05) is 6.61 Å². The predicted octanol–water partition coefficient (Wildman–Crippen LogP) is 3.86. The smallest absolute Gasteiger partial charge is 0.333 e. The van der Waals surface area contributed by atoms with Gasteiger partial charge < -0.3 is 48.5 Å². The summed E-state index contributed by atoms with van der Waals surface area (Å²) in [4.78, 5) is 51.8. The number of allylic oxidation sites excluding steroid dienone is 1. The zero-order chi connectivity index (χ0) is 39.2. The third-order valence-corrected chi connectivity index (χ3v) is 9.84. The largest absolute Gasteiger partial charge is 0.463 e. The van der Waals surface area contributed by atoms with Crippen molar-refractivity contribution in [1.29, 1.82) is 0 Å². The van der Waals surface area contributed by atoms with Crippen LogP contribution in [-0.4, -0.2) is 113 Å².